The smallest absolute Gasteiger partial charge is 0.224 e. The average molecular weight is 426 g/mol. The van der Waals surface area contributed by atoms with Gasteiger partial charge in [0.2, 0.25) is 5.91 Å². The fraction of sp³-hybridized carbons (Fsp3) is 0.296. The standard InChI is InChI=1S/C27H27N3O2/c1-4-23(32)28-17-11-9-16(10-12-17)13-20-26-24(18-7-5-6-8-19(18)30-26)25-21(29-20)14-27(2,3)15-22(25)31/h5-12,30H,4,13-15H2,1-3H3,(H,28,32). The summed E-state index contributed by atoms with van der Waals surface area (Å²) in [5, 5.41) is 4.97. The van der Waals surface area contributed by atoms with Gasteiger partial charge in [-0.15, -0.1) is 0 Å². The first-order valence-corrected chi connectivity index (χ1v) is 11.2. The molecule has 0 aliphatic heterocycles. The highest BCUT2D eigenvalue weighted by Crippen LogP contribution is 2.40. The van der Waals surface area contributed by atoms with Crippen LogP contribution >= 0.6 is 0 Å². The van der Waals surface area contributed by atoms with Crippen molar-refractivity contribution >= 4 is 39.2 Å². The molecule has 32 heavy (non-hydrogen) atoms. The highest BCUT2D eigenvalue weighted by molar-refractivity contribution is 6.19. The molecule has 5 rings (SSSR count). The van der Waals surface area contributed by atoms with E-state index in [1.807, 2.05) is 49.4 Å². The normalized spacial score (nSPS) is 15.2. The second-order valence-corrected chi connectivity index (χ2v) is 9.52. The number of ketones is 1. The van der Waals surface area contributed by atoms with Crippen LogP contribution in [0.4, 0.5) is 5.69 Å². The summed E-state index contributed by atoms with van der Waals surface area (Å²) >= 11 is 0. The van der Waals surface area contributed by atoms with E-state index in [1.54, 1.807) is 0 Å². The number of pyridine rings is 1. The van der Waals surface area contributed by atoms with E-state index >= 15 is 0 Å². The first-order chi connectivity index (χ1) is 15.3. The maximum Gasteiger partial charge on any atom is 0.224 e. The van der Waals surface area contributed by atoms with Crippen molar-refractivity contribution in [2.24, 2.45) is 5.41 Å². The van der Waals surface area contributed by atoms with Gasteiger partial charge in [-0.05, 0) is 35.6 Å². The van der Waals surface area contributed by atoms with E-state index in [0.29, 0.717) is 19.3 Å². The van der Waals surface area contributed by atoms with Gasteiger partial charge < -0.3 is 10.3 Å². The van der Waals surface area contributed by atoms with Crippen molar-refractivity contribution in [3.05, 3.63) is 71.0 Å². The fourth-order valence-corrected chi connectivity index (χ4v) is 4.78. The second-order valence-electron chi connectivity index (χ2n) is 9.52. The average Bonchev–Trinajstić information content (AvgIpc) is 3.14. The lowest BCUT2D eigenvalue weighted by atomic mass is 9.74. The molecule has 2 aromatic carbocycles. The van der Waals surface area contributed by atoms with Crippen molar-refractivity contribution in [3.8, 4) is 0 Å². The Labute approximate surface area is 187 Å². The Bertz CT molecular complexity index is 1360. The number of anilines is 1. The second kappa shape index (κ2) is 7.59. The number of carbonyl (C=O) groups is 2. The number of nitrogens with zero attached hydrogens (tertiary/aromatic N) is 1. The molecule has 0 unspecified atom stereocenters. The van der Waals surface area contributed by atoms with E-state index < -0.39 is 0 Å². The van der Waals surface area contributed by atoms with Crippen LogP contribution in [0.5, 0.6) is 0 Å². The van der Waals surface area contributed by atoms with Gasteiger partial charge in [0.15, 0.2) is 5.78 Å². The lowest BCUT2D eigenvalue weighted by molar-refractivity contribution is -0.115. The van der Waals surface area contributed by atoms with Crippen LogP contribution in [0.3, 0.4) is 0 Å². The minimum absolute atomic E-state index is 0.00108. The monoisotopic (exact) mass is 425 g/mol. The number of aromatic amines is 1. The molecule has 1 amide bonds. The lowest BCUT2D eigenvalue weighted by Gasteiger charge is -2.30. The molecule has 0 saturated heterocycles. The molecule has 0 atom stereocenters. The summed E-state index contributed by atoms with van der Waals surface area (Å²) in [6.07, 6.45) is 2.43. The quantitative estimate of drug-likeness (QED) is 0.433. The number of para-hydroxylation sites is 1. The number of carbonyl (C=O) groups excluding carboxylic acids is 2. The predicted molar refractivity (Wildman–Crippen MR) is 128 cm³/mol. The van der Waals surface area contributed by atoms with Crippen molar-refractivity contribution in [3.63, 3.8) is 0 Å². The number of aromatic nitrogens is 2. The molecule has 2 N–H and O–H groups in total. The van der Waals surface area contributed by atoms with Gasteiger partial charge in [0, 0.05) is 46.8 Å². The molecule has 2 heterocycles. The van der Waals surface area contributed by atoms with Gasteiger partial charge in [-0.25, -0.2) is 0 Å². The van der Waals surface area contributed by atoms with E-state index in [9.17, 15) is 9.59 Å². The van der Waals surface area contributed by atoms with E-state index in [1.165, 1.54) is 0 Å². The number of rotatable bonds is 4. The maximum absolute atomic E-state index is 13.2. The van der Waals surface area contributed by atoms with Crippen LogP contribution in [0, 0.1) is 5.41 Å². The fourth-order valence-electron chi connectivity index (χ4n) is 4.78. The van der Waals surface area contributed by atoms with E-state index in [2.05, 4.69) is 30.2 Å². The molecule has 1 aliphatic carbocycles. The van der Waals surface area contributed by atoms with Gasteiger partial charge in [-0.2, -0.15) is 0 Å². The summed E-state index contributed by atoms with van der Waals surface area (Å²) < 4.78 is 0. The summed E-state index contributed by atoms with van der Waals surface area (Å²) in [6, 6.07) is 16.1. The number of Topliss-reactive ketones (excluding diaryl/α,β-unsaturated/α-hetero) is 1. The lowest BCUT2D eigenvalue weighted by Crippen LogP contribution is -2.28. The Kier molecular flexibility index (Phi) is 4.85. The number of H-pyrrole nitrogens is 1. The van der Waals surface area contributed by atoms with E-state index in [4.69, 9.17) is 4.98 Å². The third-order valence-corrected chi connectivity index (χ3v) is 6.30. The van der Waals surface area contributed by atoms with Crippen LogP contribution in [0.25, 0.3) is 21.8 Å². The van der Waals surface area contributed by atoms with Crippen LogP contribution in [0.1, 0.15) is 60.9 Å². The molecule has 4 aromatic rings. The highest BCUT2D eigenvalue weighted by atomic mass is 16.1. The molecule has 5 heteroatoms. The zero-order chi connectivity index (χ0) is 22.5. The molecule has 162 valence electrons. The minimum atomic E-state index is -0.0900. The van der Waals surface area contributed by atoms with Crippen molar-refractivity contribution in [1.82, 2.24) is 9.97 Å². The van der Waals surface area contributed by atoms with Gasteiger partial charge in [-0.1, -0.05) is 51.1 Å². The van der Waals surface area contributed by atoms with Crippen LogP contribution in [-0.2, 0) is 17.6 Å². The molecule has 0 spiro atoms. The summed E-state index contributed by atoms with van der Waals surface area (Å²) in [4.78, 5) is 33.4. The first kappa shape index (κ1) is 20.4. The predicted octanol–water partition coefficient (Wildman–Crippen LogP) is 5.81. The van der Waals surface area contributed by atoms with Gasteiger partial charge >= 0.3 is 0 Å². The SMILES string of the molecule is CCC(=O)Nc1ccc(Cc2nc3c(c4c2[nH]c2ccccc24)C(=O)CC(C)(C)C3)cc1. The largest absolute Gasteiger partial charge is 0.353 e. The van der Waals surface area contributed by atoms with Crippen LogP contribution in [-0.4, -0.2) is 21.7 Å². The summed E-state index contributed by atoms with van der Waals surface area (Å²) in [7, 11) is 0. The number of amides is 1. The molecule has 0 fully saturated rings. The van der Waals surface area contributed by atoms with Gasteiger partial charge in [-0.3, -0.25) is 14.6 Å². The first-order valence-electron chi connectivity index (χ1n) is 11.2. The summed E-state index contributed by atoms with van der Waals surface area (Å²) in [5.41, 5.74) is 6.42. The Morgan fingerprint density at radius 3 is 2.59 bits per heavy atom. The third-order valence-electron chi connectivity index (χ3n) is 6.30. The molecule has 2 aromatic heterocycles. The molecular weight excluding hydrogens is 398 g/mol. The molecular formula is C27H27N3O2. The van der Waals surface area contributed by atoms with E-state index in [-0.39, 0.29) is 17.1 Å². The minimum Gasteiger partial charge on any atom is -0.353 e. The number of hydrogen-bond acceptors (Lipinski definition) is 3. The molecule has 0 bridgehead atoms. The molecule has 0 saturated carbocycles. The number of benzene rings is 2. The number of hydrogen-bond donors (Lipinski definition) is 2. The van der Waals surface area contributed by atoms with Gasteiger partial charge in [0.25, 0.3) is 0 Å². The van der Waals surface area contributed by atoms with Crippen LogP contribution in [0.15, 0.2) is 48.5 Å². The zero-order valence-corrected chi connectivity index (χ0v) is 18.7. The Hall–Kier alpha value is -3.47. The van der Waals surface area contributed by atoms with Crippen molar-refractivity contribution in [1.29, 1.82) is 0 Å². The zero-order valence-electron chi connectivity index (χ0n) is 18.7. The summed E-state index contributed by atoms with van der Waals surface area (Å²) in [6.45, 7) is 6.11. The Morgan fingerprint density at radius 2 is 1.84 bits per heavy atom. The third kappa shape index (κ3) is 3.58. The molecule has 1 aliphatic rings. The number of fused-ring (bicyclic) bond motifs is 5. The highest BCUT2D eigenvalue weighted by Gasteiger charge is 2.34. The Balaban J connectivity index is 1.63. The maximum atomic E-state index is 13.2. The van der Waals surface area contributed by atoms with Crippen molar-refractivity contribution in [2.75, 3.05) is 5.32 Å². The van der Waals surface area contributed by atoms with Gasteiger partial charge in [0.05, 0.1) is 16.9 Å². The van der Waals surface area contributed by atoms with Gasteiger partial charge in [0.1, 0.15) is 0 Å². The van der Waals surface area contributed by atoms with Crippen LogP contribution < -0.4 is 5.32 Å². The molecule has 5 nitrogen and oxygen atoms in total. The Morgan fingerprint density at radius 1 is 1.09 bits per heavy atom. The van der Waals surface area contributed by atoms with Crippen molar-refractivity contribution < 1.29 is 9.59 Å². The topological polar surface area (TPSA) is 74.8 Å². The van der Waals surface area contributed by atoms with Crippen LogP contribution in [0.2, 0.25) is 0 Å². The van der Waals surface area contributed by atoms with E-state index in [0.717, 1.165) is 56.4 Å². The summed E-state index contributed by atoms with van der Waals surface area (Å²) in [5.74, 6) is 0.183. The number of nitrogens with one attached hydrogen (secondary N) is 2. The van der Waals surface area contributed by atoms with Crippen molar-refractivity contribution in [2.45, 2.75) is 46.5 Å². The molecule has 0 radical (unpaired) electrons.